The van der Waals surface area contributed by atoms with Crippen molar-refractivity contribution in [3.8, 4) is 0 Å². The third kappa shape index (κ3) is 3.88. The van der Waals surface area contributed by atoms with Gasteiger partial charge in [-0.05, 0) is 43.9 Å². The summed E-state index contributed by atoms with van der Waals surface area (Å²) in [5, 5.41) is 3.03. The molecule has 6 heteroatoms. The van der Waals surface area contributed by atoms with Crippen molar-refractivity contribution in [2.75, 3.05) is 18.4 Å². The van der Waals surface area contributed by atoms with Crippen molar-refractivity contribution >= 4 is 17.4 Å². The first-order valence-corrected chi connectivity index (χ1v) is 8.19. The normalized spacial score (nSPS) is 15.4. The van der Waals surface area contributed by atoms with Crippen molar-refractivity contribution in [3.63, 3.8) is 0 Å². The molecule has 0 atom stereocenters. The van der Waals surface area contributed by atoms with Gasteiger partial charge in [0.2, 0.25) is 0 Å². The van der Waals surface area contributed by atoms with E-state index < -0.39 is 0 Å². The van der Waals surface area contributed by atoms with E-state index in [1.807, 2.05) is 4.90 Å². The molecule has 1 fully saturated rings. The van der Waals surface area contributed by atoms with Gasteiger partial charge in [0.25, 0.3) is 5.91 Å². The SMILES string of the molecule is Cc1nc(Nc2cccc(F)c2)cc(C(=O)N2CCC(C)CC2)n1. The van der Waals surface area contributed by atoms with E-state index in [1.54, 1.807) is 25.1 Å². The average Bonchev–Trinajstić information content (AvgIpc) is 2.54. The Labute approximate surface area is 140 Å². The summed E-state index contributed by atoms with van der Waals surface area (Å²) < 4.78 is 13.3. The van der Waals surface area contributed by atoms with Crippen LogP contribution < -0.4 is 5.32 Å². The van der Waals surface area contributed by atoms with E-state index in [0.29, 0.717) is 28.9 Å². The number of nitrogens with zero attached hydrogens (tertiary/aromatic N) is 3. The van der Waals surface area contributed by atoms with Crippen molar-refractivity contribution in [1.82, 2.24) is 14.9 Å². The van der Waals surface area contributed by atoms with E-state index in [0.717, 1.165) is 25.9 Å². The predicted octanol–water partition coefficient (Wildman–Crippen LogP) is 3.54. The van der Waals surface area contributed by atoms with Gasteiger partial charge in [0.05, 0.1) is 0 Å². The van der Waals surface area contributed by atoms with Crippen LogP contribution in [0.1, 0.15) is 36.1 Å². The highest BCUT2D eigenvalue weighted by Gasteiger charge is 2.23. The van der Waals surface area contributed by atoms with E-state index in [4.69, 9.17) is 0 Å². The zero-order chi connectivity index (χ0) is 17.1. The molecule has 126 valence electrons. The van der Waals surface area contributed by atoms with E-state index in [2.05, 4.69) is 22.2 Å². The minimum absolute atomic E-state index is 0.0744. The summed E-state index contributed by atoms with van der Waals surface area (Å²) in [7, 11) is 0. The van der Waals surface area contributed by atoms with Gasteiger partial charge >= 0.3 is 0 Å². The summed E-state index contributed by atoms with van der Waals surface area (Å²) in [6, 6.07) is 7.74. The number of benzene rings is 1. The summed E-state index contributed by atoms with van der Waals surface area (Å²) in [4.78, 5) is 23.1. The molecular formula is C18H21FN4O. The minimum Gasteiger partial charge on any atom is -0.340 e. The molecule has 2 heterocycles. The number of anilines is 2. The van der Waals surface area contributed by atoms with Gasteiger partial charge in [-0.1, -0.05) is 13.0 Å². The molecule has 1 aliphatic heterocycles. The van der Waals surface area contributed by atoms with Crippen LogP contribution in [0.2, 0.25) is 0 Å². The molecule has 0 radical (unpaired) electrons. The van der Waals surface area contributed by atoms with Crippen LogP contribution in [0.4, 0.5) is 15.9 Å². The lowest BCUT2D eigenvalue weighted by Gasteiger charge is -2.30. The molecule has 1 aliphatic rings. The number of piperidine rings is 1. The maximum Gasteiger partial charge on any atom is 0.272 e. The molecule has 3 rings (SSSR count). The van der Waals surface area contributed by atoms with Crippen LogP contribution in [0.3, 0.4) is 0 Å². The van der Waals surface area contributed by atoms with Crippen molar-refractivity contribution in [2.24, 2.45) is 5.92 Å². The molecule has 0 spiro atoms. The van der Waals surface area contributed by atoms with E-state index in [-0.39, 0.29) is 11.7 Å². The minimum atomic E-state index is -0.329. The molecule has 1 N–H and O–H groups in total. The summed E-state index contributed by atoms with van der Waals surface area (Å²) in [6.45, 7) is 5.47. The monoisotopic (exact) mass is 328 g/mol. The van der Waals surface area contributed by atoms with Crippen molar-refractivity contribution in [2.45, 2.75) is 26.7 Å². The van der Waals surface area contributed by atoms with E-state index in [9.17, 15) is 9.18 Å². The summed E-state index contributed by atoms with van der Waals surface area (Å²) in [6.07, 6.45) is 2.04. The third-order valence-corrected chi connectivity index (χ3v) is 4.22. The first kappa shape index (κ1) is 16.4. The first-order valence-electron chi connectivity index (χ1n) is 8.19. The number of aryl methyl sites for hydroxylation is 1. The Kier molecular flexibility index (Phi) is 4.74. The molecule has 0 saturated carbocycles. The second-order valence-electron chi connectivity index (χ2n) is 6.30. The number of aromatic nitrogens is 2. The van der Waals surface area contributed by atoms with Gasteiger partial charge in [0.15, 0.2) is 0 Å². The van der Waals surface area contributed by atoms with E-state index >= 15 is 0 Å². The van der Waals surface area contributed by atoms with Gasteiger partial charge < -0.3 is 10.2 Å². The van der Waals surface area contributed by atoms with Crippen LogP contribution in [0.5, 0.6) is 0 Å². The maximum absolute atomic E-state index is 13.3. The van der Waals surface area contributed by atoms with Gasteiger partial charge in [0, 0.05) is 24.8 Å². The summed E-state index contributed by atoms with van der Waals surface area (Å²) >= 11 is 0. The highest BCUT2D eigenvalue weighted by Crippen LogP contribution is 2.20. The first-order chi connectivity index (χ1) is 11.5. The Morgan fingerprint density at radius 2 is 2.00 bits per heavy atom. The topological polar surface area (TPSA) is 58.1 Å². The quantitative estimate of drug-likeness (QED) is 0.936. The fraction of sp³-hybridized carbons (Fsp3) is 0.389. The lowest BCUT2D eigenvalue weighted by molar-refractivity contribution is 0.0691. The molecule has 0 bridgehead atoms. The molecule has 0 unspecified atom stereocenters. The van der Waals surface area contributed by atoms with Crippen molar-refractivity contribution < 1.29 is 9.18 Å². The zero-order valence-corrected chi connectivity index (χ0v) is 13.9. The number of hydrogen-bond donors (Lipinski definition) is 1. The van der Waals surface area contributed by atoms with E-state index in [1.165, 1.54) is 12.1 Å². The Balaban J connectivity index is 1.79. The number of hydrogen-bond acceptors (Lipinski definition) is 4. The Hall–Kier alpha value is -2.50. The Morgan fingerprint density at radius 1 is 1.25 bits per heavy atom. The average molecular weight is 328 g/mol. The van der Waals surface area contributed by atoms with Gasteiger partial charge in [-0.2, -0.15) is 0 Å². The fourth-order valence-corrected chi connectivity index (χ4v) is 2.83. The largest absolute Gasteiger partial charge is 0.340 e. The number of nitrogens with one attached hydrogen (secondary N) is 1. The summed E-state index contributed by atoms with van der Waals surface area (Å²) in [5.74, 6) is 1.25. The second kappa shape index (κ2) is 6.95. The van der Waals surface area contributed by atoms with Crippen LogP contribution >= 0.6 is 0 Å². The van der Waals surface area contributed by atoms with Crippen LogP contribution in [0.25, 0.3) is 0 Å². The zero-order valence-electron chi connectivity index (χ0n) is 13.9. The highest BCUT2D eigenvalue weighted by atomic mass is 19.1. The van der Waals surface area contributed by atoms with Gasteiger partial charge in [-0.15, -0.1) is 0 Å². The lowest BCUT2D eigenvalue weighted by Crippen LogP contribution is -2.38. The maximum atomic E-state index is 13.3. The van der Waals surface area contributed by atoms with Gasteiger partial charge in [-0.3, -0.25) is 4.79 Å². The molecule has 1 saturated heterocycles. The highest BCUT2D eigenvalue weighted by molar-refractivity contribution is 5.93. The predicted molar refractivity (Wildman–Crippen MR) is 90.8 cm³/mol. The van der Waals surface area contributed by atoms with Crippen LogP contribution in [-0.4, -0.2) is 33.9 Å². The molecule has 1 aromatic heterocycles. The molecule has 24 heavy (non-hydrogen) atoms. The molecule has 1 amide bonds. The third-order valence-electron chi connectivity index (χ3n) is 4.22. The van der Waals surface area contributed by atoms with Crippen LogP contribution in [-0.2, 0) is 0 Å². The second-order valence-corrected chi connectivity index (χ2v) is 6.30. The number of halogens is 1. The number of rotatable bonds is 3. The smallest absolute Gasteiger partial charge is 0.272 e. The molecule has 1 aromatic carbocycles. The van der Waals surface area contributed by atoms with Crippen molar-refractivity contribution in [3.05, 3.63) is 47.7 Å². The Morgan fingerprint density at radius 3 is 2.71 bits per heavy atom. The molecule has 2 aromatic rings. The fourth-order valence-electron chi connectivity index (χ4n) is 2.83. The van der Waals surface area contributed by atoms with Crippen LogP contribution in [0.15, 0.2) is 30.3 Å². The van der Waals surface area contributed by atoms with Crippen molar-refractivity contribution in [1.29, 1.82) is 0 Å². The number of carbonyl (C=O) groups is 1. The number of amides is 1. The van der Waals surface area contributed by atoms with Crippen LogP contribution in [0, 0.1) is 18.7 Å². The Bertz CT molecular complexity index is 742. The number of carbonyl (C=O) groups excluding carboxylic acids is 1. The number of likely N-dealkylation sites (tertiary alicyclic amines) is 1. The molecular weight excluding hydrogens is 307 g/mol. The van der Waals surface area contributed by atoms with Gasteiger partial charge in [-0.25, -0.2) is 14.4 Å². The standard InChI is InChI=1S/C18H21FN4O/c1-12-6-8-23(9-7-12)18(24)16-11-17(21-13(2)20-16)22-15-5-3-4-14(19)10-15/h3-5,10-12H,6-9H2,1-2H3,(H,20,21,22). The summed E-state index contributed by atoms with van der Waals surface area (Å²) in [5.41, 5.74) is 0.953. The lowest BCUT2D eigenvalue weighted by atomic mass is 9.99. The molecule has 5 nitrogen and oxygen atoms in total. The molecule has 0 aliphatic carbocycles. The van der Waals surface area contributed by atoms with Gasteiger partial charge in [0.1, 0.15) is 23.2 Å².